The van der Waals surface area contributed by atoms with Crippen molar-refractivity contribution in [3.63, 3.8) is 0 Å². The molecule has 4 nitrogen and oxygen atoms in total. The van der Waals surface area contributed by atoms with E-state index in [-0.39, 0.29) is 6.04 Å². The van der Waals surface area contributed by atoms with Gasteiger partial charge in [-0.15, -0.1) is 11.3 Å². The van der Waals surface area contributed by atoms with Crippen molar-refractivity contribution in [2.24, 2.45) is 12.8 Å². The maximum Gasteiger partial charge on any atom is 0.0897 e. The SMILES string of the molecule is Cc1ncc(C(N)Cc2cnn(C)c2)s1. The lowest BCUT2D eigenvalue weighted by Gasteiger charge is -2.06. The van der Waals surface area contributed by atoms with Crippen LogP contribution in [0, 0.1) is 6.92 Å². The van der Waals surface area contributed by atoms with Gasteiger partial charge in [-0.25, -0.2) is 4.98 Å². The van der Waals surface area contributed by atoms with Crippen LogP contribution in [0.1, 0.15) is 21.5 Å². The first-order chi connectivity index (χ1) is 7.15. The average Bonchev–Trinajstić information content (AvgIpc) is 2.75. The van der Waals surface area contributed by atoms with Crippen molar-refractivity contribution in [2.45, 2.75) is 19.4 Å². The van der Waals surface area contributed by atoms with Crippen LogP contribution < -0.4 is 5.73 Å². The number of hydrogen-bond donors (Lipinski definition) is 1. The van der Waals surface area contributed by atoms with Crippen LogP contribution in [0.3, 0.4) is 0 Å². The molecule has 2 heterocycles. The van der Waals surface area contributed by atoms with Crippen molar-refractivity contribution in [2.75, 3.05) is 0 Å². The topological polar surface area (TPSA) is 56.7 Å². The molecule has 0 radical (unpaired) electrons. The lowest BCUT2D eigenvalue weighted by Crippen LogP contribution is -2.11. The van der Waals surface area contributed by atoms with Crippen molar-refractivity contribution in [1.29, 1.82) is 0 Å². The van der Waals surface area contributed by atoms with Crippen LogP contribution in [-0.4, -0.2) is 14.8 Å². The predicted octanol–water partition coefficient (Wildman–Crippen LogP) is 1.43. The van der Waals surface area contributed by atoms with Gasteiger partial charge in [0.1, 0.15) is 0 Å². The molecule has 2 aromatic heterocycles. The van der Waals surface area contributed by atoms with Gasteiger partial charge >= 0.3 is 0 Å². The van der Waals surface area contributed by atoms with Gasteiger partial charge in [0.15, 0.2) is 0 Å². The molecule has 2 aromatic rings. The summed E-state index contributed by atoms with van der Waals surface area (Å²) >= 11 is 1.66. The Balaban J connectivity index is 2.06. The van der Waals surface area contributed by atoms with Crippen LogP contribution in [0.15, 0.2) is 18.6 Å². The molecular formula is C10H14N4S. The average molecular weight is 222 g/mol. The molecule has 0 amide bonds. The zero-order valence-corrected chi connectivity index (χ0v) is 9.66. The van der Waals surface area contributed by atoms with Crippen molar-refractivity contribution in [1.82, 2.24) is 14.8 Å². The number of thiazole rings is 1. The number of nitrogens with two attached hydrogens (primary N) is 1. The summed E-state index contributed by atoms with van der Waals surface area (Å²) < 4.78 is 1.79. The number of rotatable bonds is 3. The van der Waals surface area contributed by atoms with E-state index < -0.39 is 0 Å². The van der Waals surface area contributed by atoms with Crippen molar-refractivity contribution < 1.29 is 0 Å². The van der Waals surface area contributed by atoms with Gasteiger partial charge in [-0.3, -0.25) is 4.68 Å². The molecule has 1 atom stereocenters. The molecule has 0 bridgehead atoms. The Morgan fingerprint density at radius 1 is 1.53 bits per heavy atom. The van der Waals surface area contributed by atoms with Crippen LogP contribution in [0.5, 0.6) is 0 Å². The molecule has 0 saturated carbocycles. The second kappa shape index (κ2) is 4.12. The third-order valence-corrected chi connectivity index (χ3v) is 3.26. The summed E-state index contributed by atoms with van der Waals surface area (Å²) in [6, 6.07) is 0.0281. The summed E-state index contributed by atoms with van der Waals surface area (Å²) in [6.07, 6.45) is 6.53. The zero-order valence-electron chi connectivity index (χ0n) is 8.84. The highest BCUT2D eigenvalue weighted by Crippen LogP contribution is 2.21. The van der Waals surface area contributed by atoms with Crippen molar-refractivity contribution in [3.05, 3.63) is 34.0 Å². The molecule has 0 aliphatic rings. The highest BCUT2D eigenvalue weighted by Gasteiger charge is 2.10. The third-order valence-electron chi connectivity index (χ3n) is 2.22. The van der Waals surface area contributed by atoms with E-state index in [0.29, 0.717) is 0 Å². The molecule has 0 aliphatic heterocycles. The number of aryl methyl sites for hydroxylation is 2. The highest BCUT2D eigenvalue weighted by atomic mass is 32.1. The fraction of sp³-hybridized carbons (Fsp3) is 0.400. The fourth-order valence-electron chi connectivity index (χ4n) is 1.48. The quantitative estimate of drug-likeness (QED) is 0.854. The van der Waals surface area contributed by atoms with E-state index in [1.54, 1.807) is 16.0 Å². The first-order valence-corrected chi connectivity index (χ1v) is 5.62. The second-order valence-electron chi connectivity index (χ2n) is 3.61. The Hall–Kier alpha value is -1.20. The Kier molecular flexibility index (Phi) is 2.83. The summed E-state index contributed by atoms with van der Waals surface area (Å²) in [5.74, 6) is 0. The molecule has 1 unspecified atom stereocenters. The van der Waals surface area contributed by atoms with E-state index in [1.807, 2.05) is 32.6 Å². The van der Waals surface area contributed by atoms with E-state index in [2.05, 4.69) is 10.1 Å². The largest absolute Gasteiger partial charge is 0.323 e. The molecule has 0 aliphatic carbocycles. The molecule has 80 valence electrons. The third kappa shape index (κ3) is 2.43. The monoisotopic (exact) mass is 222 g/mol. The summed E-state index contributed by atoms with van der Waals surface area (Å²) in [5, 5.41) is 5.18. The maximum absolute atomic E-state index is 6.08. The van der Waals surface area contributed by atoms with Crippen LogP contribution in [0.25, 0.3) is 0 Å². The van der Waals surface area contributed by atoms with Crippen molar-refractivity contribution >= 4 is 11.3 Å². The minimum Gasteiger partial charge on any atom is -0.323 e. The van der Waals surface area contributed by atoms with E-state index in [0.717, 1.165) is 21.9 Å². The minimum atomic E-state index is 0.0281. The molecule has 15 heavy (non-hydrogen) atoms. The predicted molar refractivity (Wildman–Crippen MR) is 60.7 cm³/mol. The summed E-state index contributed by atoms with van der Waals surface area (Å²) in [7, 11) is 1.91. The number of nitrogens with zero attached hydrogens (tertiary/aromatic N) is 3. The summed E-state index contributed by atoms with van der Waals surface area (Å²) in [6.45, 7) is 1.99. The Bertz CT molecular complexity index is 446. The van der Waals surface area contributed by atoms with Gasteiger partial charge in [0.25, 0.3) is 0 Å². The standard InChI is InChI=1S/C10H14N4S/c1-7-12-5-10(15-7)9(11)3-8-4-13-14(2)6-8/h4-6,9H,3,11H2,1-2H3. The van der Waals surface area contributed by atoms with Crippen LogP contribution in [0.4, 0.5) is 0 Å². The molecule has 0 aromatic carbocycles. The normalized spacial score (nSPS) is 13.0. The molecule has 2 rings (SSSR count). The molecular weight excluding hydrogens is 208 g/mol. The molecule has 0 fully saturated rings. The summed E-state index contributed by atoms with van der Waals surface area (Å²) in [4.78, 5) is 5.34. The molecule has 0 spiro atoms. The van der Waals surface area contributed by atoms with Gasteiger partial charge in [0.05, 0.1) is 11.2 Å². The number of aromatic nitrogens is 3. The Morgan fingerprint density at radius 2 is 2.33 bits per heavy atom. The first-order valence-electron chi connectivity index (χ1n) is 4.80. The van der Waals surface area contributed by atoms with Crippen LogP contribution in [0.2, 0.25) is 0 Å². The van der Waals surface area contributed by atoms with Gasteiger partial charge < -0.3 is 5.73 Å². The van der Waals surface area contributed by atoms with Gasteiger partial charge in [-0.1, -0.05) is 0 Å². The lowest BCUT2D eigenvalue weighted by atomic mass is 10.1. The maximum atomic E-state index is 6.08. The van der Waals surface area contributed by atoms with Gasteiger partial charge in [-0.05, 0) is 18.9 Å². The van der Waals surface area contributed by atoms with E-state index in [1.165, 1.54) is 0 Å². The number of hydrogen-bond acceptors (Lipinski definition) is 4. The smallest absolute Gasteiger partial charge is 0.0897 e. The van der Waals surface area contributed by atoms with Gasteiger partial charge in [0.2, 0.25) is 0 Å². The van der Waals surface area contributed by atoms with E-state index >= 15 is 0 Å². The van der Waals surface area contributed by atoms with Gasteiger partial charge in [-0.2, -0.15) is 5.10 Å². The second-order valence-corrected chi connectivity index (χ2v) is 4.88. The van der Waals surface area contributed by atoms with Crippen molar-refractivity contribution in [3.8, 4) is 0 Å². The minimum absolute atomic E-state index is 0.0281. The van der Waals surface area contributed by atoms with E-state index in [4.69, 9.17) is 5.73 Å². The lowest BCUT2D eigenvalue weighted by molar-refractivity contribution is 0.730. The van der Waals surface area contributed by atoms with E-state index in [9.17, 15) is 0 Å². The zero-order chi connectivity index (χ0) is 10.8. The van der Waals surface area contributed by atoms with Crippen LogP contribution in [-0.2, 0) is 13.5 Å². The summed E-state index contributed by atoms with van der Waals surface area (Å²) in [5.41, 5.74) is 7.25. The van der Waals surface area contributed by atoms with Crippen LogP contribution >= 0.6 is 11.3 Å². The first kappa shape index (κ1) is 10.3. The molecule has 2 N–H and O–H groups in total. The highest BCUT2D eigenvalue weighted by molar-refractivity contribution is 7.11. The fourth-order valence-corrected chi connectivity index (χ4v) is 2.27. The Morgan fingerprint density at radius 3 is 2.87 bits per heavy atom. The molecule has 0 saturated heterocycles. The molecule has 5 heteroatoms. The van der Waals surface area contributed by atoms with Gasteiger partial charge in [0, 0.05) is 30.4 Å². The Labute approximate surface area is 92.8 Å².